The molecule has 0 bridgehead atoms. The molecule has 2 heterocycles. The number of hydrogen-bond donors (Lipinski definition) is 0. The highest BCUT2D eigenvalue weighted by Crippen LogP contribution is 2.50. The molecule has 0 unspecified atom stereocenters. The van der Waals surface area contributed by atoms with E-state index in [1.165, 1.54) is 139 Å². The fourth-order valence-corrected chi connectivity index (χ4v) is 13.3. The Balaban J connectivity index is 0.968. The van der Waals surface area contributed by atoms with Gasteiger partial charge >= 0.3 is 0 Å². The van der Waals surface area contributed by atoms with Crippen LogP contribution in [0.25, 0.3) is 139 Å². The molecule has 12 aromatic carbocycles. The van der Waals surface area contributed by atoms with E-state index in [-0.39, 0.29) is 0 Å². The van der Waals surface area contributed by atoms with Crippen molar-refractivity contribution in [3.05, 3.63) is 231 Å². The summed E-state index contributed by atoms with van der Waals surface area (Å²) in [5.74, 6) is 0. The van der Waals surface area contributed by atoms with E-state index in [1.807, 2.05) is 22.7 Å². The van der Waals surface area contributed by atoms with E-state index in [4.69, 9.17) is 0 Å². The van der Waals surface area contributed by atoms with Crippen LogP contribution in [0.1, 0.15) is 0 Å². The van der Waals surface area contributed by atoms with E-state index in [9.17, 15) is 0 Å². The second kappa shape index (κ2) is 14.8. The lowest BCUT2D eigenvalue weighted by atomic mass is 9.85. The zero-order chi connectivity index (χ0) is 43.3. The van der Waals surface area contributed by atoms with Crippen molar-refractivity contribution >= 4 is 106 Å². The van der Waals surface area contributed by atoms with Crippen molar-refractivity contribution in [2.24, 2.45) is 0 Å². The Hall–Kier alpha value is -7.88. The van der Waals surface area contributed by atoms with Crippen LogP contribution in [0.5, 0.6) is 0 Å². The van der Waals surface area contributed by atoms with Gasteiger partial charge in [0, 0.05) is 45.9 Å². The SMILES string of the molecule is c1ccc(-c2ccc3sc4ccc(-c5c6ccccc6c(-c6cccc7c6sc6cc(-c8c9ccccc9c(-c9ccccc9)c9ccccc89)ccc67)c6ccccc56)cc4c3c2)cc1. The van der Waals surface area contributed by atoms with Gasteiger partial charge in [-0.25, -0.2) is 0 Å². The molecule has 66 heavy (non-hydrogen) atoms. The van der Waals surface area contributed by atoms with Crippen LogP contribution in [0, 0.1) is 0 Å². The third kappa shape index (κ3) is 5.69. The third-order valence-electron chi connectivity index (χ3n) is 13.8. The maximum Gasteiger partial charge on any atom is 0.0434 e. The Morgan fingerprint density at radius 3 is 1.15 bits per heavy atom. The van der Waals surface area contributed by atoms with E-state index < -0.39 is 0 Å². The normalized spacial score (nSPS) is 11.9. The third-order valence-corrected chi connectivity index (χ3v) is 16.2. The van der Waals surface area contributed by atoms with Crippen molar-refractivity contribution in [2.45, 2.75) is 0 Å². The summed E-state index contributed by atoms with van der Waals surface area (Å²) in [7, 11) is 0. The van der Waals surface area contributed by atoms with Gasteiger partial charge in [0.05, 0.1) is 0 Å². The van der Waals surface area contributed by atoms with Gasteiger partial charge in [0.25, 0.3) is 0 Å². The number of rotatable bonds is 5. The summed E-state index contributed by atoms with van der Waals surface area (Å²) in [5, 5.41) is 15.4. The Kier molecular flexibility index (Phi) is 8.43. The van der Waals surface area contributed by atoms with Gasteiger partial charge in [0.1, 0.15) is 0 Å². The van der Waals surface area contributed by atoms with Crippen LogP contribution in [0.15, 0.2) is 231 Å². The van der Waals surface area contributed by atoms with Crippen LogP contribution in [-0.4, -0.2) is 0 Å². The average molecular weight is 871 g/mol. The quantitative estimate of drug-likeness (QED) is 0.151. The molecular formula is C64H38S2. The van der Waals surface area contributed by atoms with Gasteiger partial charge in [0.15, 0.2) is 0 Å². The van der Waals surface area contributed by atoms with Crippen LogP contribution in [0.2, 0.25) is 0 Å². The molecule has 0 aliphatic heterocycles. The summed E-state index contributed by atoms with van der Waals surface area (Å²) in [4.78, 5) is 0. The van der Waals surface area contributed by atoms with Gasteiger partial charge in [-0.3, -0.25) is 0 Å². The van der Waals surface area contributed by atoms with Crippen LogP contribution < -0.4 is 0 Å². The fraction of sp³-hybridized carbons (Fsp3) is 0. The molecular weight excluding hydrogens is 833 g/mol. The van der Waals surface area contributed by atoms with Gasteiger partial charge in [-0.15, -0.1) is 22.7 Å². The lowest BCUT2D eigenvalue weighted by Gasteiger charge is -2.18. The van der Waals surface area contributed by atoms with Gasteiger partial charge in [-0.1, -0.05) is 200 Å². The van der Waals surface area contributed by atoms with E-state index >= 15 is 0 Å². The monoisotopic (exact) mass is 870 g/mol. The fourth-order valence-electron chi connectivity index (χ4n) is 11.0. The minimum absolute atomic E-state index is 1.24. The Bertz CT molecular complexity index is 4150. The van der Waals surface area contributed by atoms with Crippen molar-refractivity contribution in [2.75, 3.05) is 0 Å². The summed E-state index contributed by atoms with van der Waals surface area (Å²) in [6.45, 7) is 0. The van der Waals surface area contributed by atoms with Crippen molar-refractivity contribution < 1.29 is 0 Å². The molecule has 2 aromatic heterocycles. The molecule has 0 fully saturated rings. The zero-order valence-electron chi connectivity index (χ0n) is 35.8. The Morgan fingerprint density at radius 1 is 0.197 bits per heavy atom. The zero-order valence-corrected chi connectivity index (χ0v) is 37.4. The molecule has 0 aliphatic carbocycles. The van der Waals surface area contributed by atoms with Crippen LogP contribution >= 0.6 is 22.7 Å². The maximum absolute atomic E-state index is 2.45. The summed E-state index contributed by atoms with van der Waals surface area (Å²) in [6, 6.07) is 85.9. The molecule has 0 atom stereocenters. The second-order valence-electron chi connectivity index (χ2n) is 17.4. The summed E-state index contributed by atoms with van der Waals surface area (Å²) in [6.07, 6.45) is 0. The first kappa shape index (κ1) is 37.5. The highest BCUT2D eigenvalue weighted by atomic mass is 32.1. The van der Waals surface area contributed by atoms with Crippen molar-refractivity contribution in [1.29, 1.82) is 0 Å². The molecule has 2 heteroatoms. The molecule has 0 spiro atoms. The van der Waals surface area contributed by atoms with Crippen molar-refractivity contribution in [3.8, 4) is 55.6 Å². The Morgan fingerprint density at radius 2 is 0.606 bits per heavy atom. The molecule has 14 rings (SSSR count). The van der Waals surface area contributed by atoms with Crippen molar-refractivity contribution in [1.82, 2.24) is 0 Å². The first-order valence-corrected chi connectivity index (χ1v) is 24.3. The molecule has 0 saturated heterocycles. The van der Waals surface area contributed by atoms with E-state index in [1.54, 1.807) is 0 Å². The van der Waals surface area contributed by atoms with Crippen molar-refractivity contribution in [3.63, 3.8) is 0 Å². The highest BCUT2D eigenvalue weighted by molar-refractivity contribution is 7.26. The molecule has 0 nitrogen and oxygen atoms in total. The standard InChI is InChI=1S/C64H38S2/c1-3-16-39(17-4-1)41-31-34-57-55(36-41)56-37-42(32-35-58(56)65-57)61-49-24-11-13-26-51(49)63(52-27-14-12-25-50(52)61)54-29-15-28-53-44-33-30-43(38-59(44)66-64(53)54)62-47-22-9-7-20-45(47)60(40-18-5-2-6-19-40)46-21-8-10-23-48(46)62/h1-38H. The maximum atomic E-state index is 2.45. The van der Waals surface area contributed by atoms with Crippen LogP contribution in [0.3, 0.4) is 0 Å². The predicted molar refractivity (Wildman–Crippen MR) is 289 cm³/mol. The smallest absolute Gasteiger partial charge is 0.0434 e. The Labute approximate surface area is 389 Å². The molecule has 0 aliphatic rings. The molecule has 0 N–H and O–H groups in total. The largest absolute Gasteiger partial charge is 0.135 e. The topological polar surface area (TPSA) is 0 Å². The summed E-state index contributed by atoms with van der Waals surface area (Å²) in [5.41, 5.74) is 12.7. The first-order valence-electron chi connectivity index (χ1n) is 22.7. The van der Waals surface area contributed by atoms with Gasteiger partial charge < -0.3 is 0 Å². The van der Waals surface area contributed by atoms with E-state index in [0.717, 1.165) is 0 Å². The number of fused-ring (bicyclic) bond motifs is 10. The average Bonchev–Trinajstić information content (AvgIpc) is 3.95. The van der Waals surface area contributed by atoms with Crippen LogP contribution in [0.4, 0.5) is 0 Å². The predicted octanol–water partition coefficient (Wildman–Crippen LogP) is 19.4. The molecule has 14 aromatic rings. The summed E-state index contributed by atoms with van der Waals surface area (Å²) >= 11 is 3.80. The molecule has 0 saturated carbocycles. The van der Waals surface area contributed by atoms with E-state index in [2.05, 4.69) is 231 Å². The molecule has 0 radical (unpaired) electrons. The minimum Gasteiger partial charge on any atom is -0.135 e. The number of thiophene rings is 2. The highest BCUT2D eigenvalue weighted by Gasteiger charge is 2.22. The summed E-state index contributed by atoms with van der Waals surface area (Å²) < 4.78 is 5.25. The number of benzene rings is 12. The molecule has 0 amide bonds. The first-order chi connectivity index (χ1) is 32.7. The van der Waals surface area contributed by atoms with Gasteiger partial charge in [-0.05, 0) is 123 Å². The minimum atomic E-state index is 1.24. The number of hydrogen-bond acceptors (Lipinski definition) is 2. The lowest BCUT2D eigenvalue weighted by molar-refractivity contribution is 1.66. The van der Waals surface area contributed by atoms with Gasteiger partial charge in [-0.2, -0.15) is 0 Å². The van der Waals surface area contributed by atoms with Crippen LogP contribution in [-0.2, 0) is 0 Å². The van der Waals surface area contributed by atoms with E-state index in [0.29, 0.717) is 0 Å². The molecule has 306 valence electrons. The second-order valence-corrected chi connectivity index (χ2v) is 19.6. The lowest BCUT2D eigenvalue weighted by Crippen LogP contribution is -1.91. The van der Waals surface area contributed by atoms with Gasteiger partial charge in [0.2, 0.25) is 0 Å².